The summed E-state index contributed by atoms with van der Waals surface area (Å²) in [5.41, 5.74) is 8.95. The van der Waals surface area contributed by atoms with Gasteiger partial charge in [-0.05, 0) is 101 Å². The summed E-state index contributed by atoms with van der Waals surface area (Å²) in [6.45, 7) is 5.53. The molecule has 2 unspecified atom stereocenters. The summed E-state index contributed by atoms with van der Waals surface area (Å²) < 4.78 is 12.4. The van der Waals surface area contributed by atoms with Crippen LogP contribution in [0.25, 0.3) is 22.3 Å². The third-order valence-electron chi connectivity index (χ3n) is 10.9. The number of hydrogen-bond donors (Lipinski definition) is 2. The van der Waals surface area contributed by atoms with E-state index in [1.165, 1.54) is 11.1 Å². The van der Waals surface area contributed by atoms with E-state index in [1.54, 1.807) is 29.3 Å². The lowest BCUT2D eigenvalue weighted by Crippen LogP contribution is -2.52. The molecule has 5 aromatic rings. The van der Waals surface area contributed by atoms with Crippen LogP contribution in [0.15, 0.2) is 115 Å². The van der Waals surface area contributed by atoms with Gasteiger partial charge in [0.1, 0.15) is 30.3 Å². The van der Waals surface area contributed by atoms with E-state index in [2.05, 4.69) is 58.5 Å². The quantitative estimate of drug-likeness (QED) is 0.102. The lowest BCUT2D eigenvalue weighted by Gasteiger charge is -2.29. The molecule has 0 radical (unpaired) electrons. The summed E-state index contributed by atoms with van der Waals surface area (Å²) in [7, 11) is 0. The number of imide groups is 1. The highest BCUT2D eigenvalue weighted by molar-refractivity contribution is 6.05. The molecule has 284 valence electrons. The Hall–Kier alpha value is -6.26. The average molecular weight is 749 g/mol. The number of hydrogen-bond acceptors (Lipinski definition) is 8. The van der Waals surface area contributed by atoms with Gasteiger partial charge in [-0.3, -0.25) is 24.6 Å². The van der Waals surface area contributed by atoms with Crippen molar-refractivity contribution in [3.63, 3.8) is 0 Å². The SMILES string of the molecule is CC/C(=C(\c1ccc(O)cc1)c1ccc(OCCN2CCC(Oc3ccc(-c4ccc5c(c4)CN(C4CCC(=O)NC4=O)C5=O)cn3)C2)cc1)c1ccccc1. The minimum Gasteiger partial charge on any atom is -0.508 e. The normalized spacial score (nSPS) is 18.7. The monoisotopic (exact) mass is 748 g/mol. The minimum atomic E-state index is -0.638. The standard InChI is InChI=1S/C46H44N4O6/c1-2-39(30-6-4-3-5-7-30)44(31-8-14-36(51)15-9-31)32-10-16-37(17-11-32)55-25-24-49-23-22-38(29-49)56-43-21-13-34(27-47-43)33-12-18-40-35(26-33)28-50(46(40)54)41-19-20-42(52)48-45(41)53/h3-18,21,26-27,38,41,51H,2,19-20,22-25,28-29H2,1H3,(H,48,52,53)/b44-39-. The third kappa shape index (κ3) is 7.92. The molecule has 1 aromatic heterocycles. The highest BCUT2D eigenvalue weighted by Gasteiger charge is 2.39. The molecule has 2 atom stereocenters. The fourth-order valence-corrected chi connectivity index (χ4v) is 7.96. The van der Waals surface area contributed by atoms with Crippen LogP contribution in [-0.2, 0) is 16.1 Å². The first-order valence-corrected chi connectivity index (χ1v) is 19.3. The number of carbonyl (C=O) groups is 3. The second kappa shape index (κ2) is 16.2. The fourth-order valence-electron chi connectivity index (χ4n) is 7.96. The highest BCUT2D eigenvalue weighted by atomic mass is 16.5. The molecule has 0 spiro atoms. The van der Waals surface area contributed by atoms with Crippen molar-refractivity contribution in [1.82, 2.24) is 20.1 Å². The number of nitrogens with one attached hydrogen (secondary N) is 1. The summed E-state index contributed by atoms with van der Waals surface area (Å²) in [5.74, 6) is 0.725. The van der Waals surface area contributed by atoms with Crippen molar-refractivity contribution in [1.29, 1.82) is 0 Å². The van der Waals surface area contributed by atoms with Crippen molar-refractivity contribution < 1.29 is 29.0 Å². The van der Waals surface area contributed by atoms with Gasteiger partial charge in [0, 0.05) is 56.0 Å². The number of aromatic nitrogens is 1. The molecule has 0 saturated carbocycles. The van der Waals surface area contributed by atoms with E-state index < -0.39 is 11.9 Å². The number of amides is 3. The van der Waals surface area contributed by atoms with Crippen LogP contribution in [0.1, 0.15) is 65.2 Å². The van der Waals surface area contributed by atoms with Gasteiger partial charge in [-0.1, -0.05) is 67.6 Å². The van der Waals surface area contributed by atoms with Crippen LogP contribution >= 0.6 is 0 Å². The van der Waals surface area contributed by atoms with Crippen molar-refractivity contribution in [2.75, 3.05) is 26.2 Å². The van der Waals surface area contributed by atoms with Gasteiger partial charge in [0.05, 0.1) is 0 Å². The smallest absolute Gasteiger partial charge is 0.255 e. The Morgan fingerprint density at radius 3 is 2.32 bits per heavy atom. The number of nitrogens with zero attached hydrogens (tertiary/aromatic N) is 3. The molecule has 2 N–H and O–H groups in total. The van der Waals surface area contributed by atoms with Gasteiger partial charge in [0.15, 0.2) is 0 Å². The number of phenols is 1. The number of ether oxygens (including phenoxy) is 2. The number of rotatable bonds is 12. The van der Waals surface area contributed by atoms with Crippen molar-refractivity contribution >= 4 is 28.9 Å². The summed E-state index contributed by atoms with van der Waals surface area (Å²) in [6, 6.07) is 35.0. The molecule has 3 aliphatic rings. The zero-order chi connectivity index (χ0) is 38.6. The zero-order valence-corrected chi connectivity index (χ0v) is 31.3. The average Bonchev–Trinajstić information content (AvgIpc) is 3.81. The van der Waals surface area contributed by atoms with E-state index in [9.17, 15) is 19.5 Å². The maximum atomic E-state index is 13.1. The molecule has 2 fully saturated rings. The van der Waals surface area contributed by atoms with Gasteiger partial charge in [0.25, 0.3) is 5.91 Å². The van der Waals surface area contributed by atoms with Gasteiger partial charge in [-0.2, -0.15) is 0 Å². The maximum absolute atomic E-state index is 13.1. The lowest BCUT2D eigenvalue weighted by atomic mass is 9.88. The van der Waals surface area contributed by atoms with Gasteiger partial charge >= 0.3 is 0 Å². The number of carbonyl (C=O) groups excluding carboxylic acids is 3. The van der Waals surface area contributed by atoms with Crippen LogP contribution in [-0.4, -0.2) is 76.0 Å². The van der Waals surface area contributed by atoms with Gasteiger partial charge in [-0.15, -0.1) is 0 Å². The summed E-state index contributed by atoms with van der Waals surface area (Å²) in [5, 5.41) is 12.3. The van der Waals surface area contributed by atoms with E-state index in [-0.39, 0.29) is 30.1 Å². The highest BCUT2D eigenvalue weighted by Crippen LogP contribution is 2.36. The van der Waals surface area contributed by atoms with Gasteiger partial charge < -0.3 is 19.5 Å². The number of fused-ring (bicyclic) bond motifs is 1. The van der Waals surface area contributed by atoms with Crippen molar-refractivity contribution in [2.45, 2.75) is 51.3 Å². The Balaban J connectivity index is 0.837. The number of likely N-dealkylation sites (tertiary alicyclic amines) is 1. The van der Waals surface area contributed by atoms with Crippen LogP contribution in [0, 0.1) is 0 Å². The summed E-state index contributed by atoms with van der Waals surface area (Å²) >= 11 is 0. The largest absolute Gasteiger partial charge is 0.508 e. The van der Waals surface area contributed by atoms with Crippen molar-refractivity contribution in [2.24, 2.45) is 0 Å². The predicted octanol–water partition coefficient (Wildman–Crippen LogP) is 7.12. The molecule has 0 bridgehead atoms. The summed E-state index contributed by atoms with van der Waals surface area (Å²) in [6.07, 6.45) is 4.13. The first kappa shape index (κ1) is 36.7. The fraction of sp³-hybridized carbons (Fsp3) is 0.261. The second-order valence-corrected chi connectivity index (χ2v) is 14.5. The molecular formula is C46H44N4O6. The third-order valence-corrected chi connectivity index (χ3v) is 10.9. The Morgan fingerprint density at radius 2 is 1.61 bits per heavy atom. The second-order valence-electron chi connectivity index (χ2n) is 14.5. The summed E-state index contributed by atoms with van der Waals surface area (Å²) in [4.78, 5) is 45.6. The molecule has 3 amide bonds. The Labute approximate surface area is 326 Å². The molecule has 2 saturated heterocycles. The van der Waals surface area contributed by atoms with Crippen molar-refractivity contribution in [3.8, 4) is 28.5 Å². The van der Waals surface area contributed by atoms with Crippen molar-refractivity contribution in [3.05, 3.63) is 143 Å². The molecule has 0 aliphatic carbocycles. The number of pyridine rings is 1. The maximum Gasteiger partial charge on any atom is 0.255 e. The predicted molar refractivity (Wildman–Crippen MR) is 214 cm³/mol. The topological polar surface area (TPSA) is 121 Å². The molecule has 8 rings (SSSR count). The number of piperidine rings is 1. The molecule has 10 nitrogen and oxygen atoms in total. The molecule has 3 aliphatic heterocycles. The molecule has 56 heavy (non-hydrogen) atoms. The van der Waals surface area contributed by atoms with E-state index in [0.29, 0.717) is 31.0 Å². The number of phenolic OH excluding ortho intramolecular Hbond substituents is 1. The molecule has 10 heteroatoms. The Bertz CT molecular complexity index is 2250. The first-order chi connectivity index (χ1) is 27.3. The number of benzene rings is 4. The van der Waals surface area contributed by atoms with Gasteiger partial charge in [0.2, 0.25) is 17.7 Å². The number of aromatic hydroxyl groups is 1. The minimum absolute atomic E-state index is 0.0272. The lowest BCUT2D eigenvalue weighted by molar-refractivity contribution is -0.136. The van der Waals surface area contributed by atoms with E-state index >= 15 is 0 Å². The molecular weight excluding hydrogens is 705 g/mol. The van der Waals surface area contributed by atoms with E-state index in [1.807, 2.05) is 54.6 Å². The Kier molecular flexibility index (Phi) is 10.6. The van der Waals surface area contributed by atoms with Crippen LogP contribution < -0.4 is 14.8 Å². The first-order valence-electron chi connectivity index (χ1n) is 19.3. The van der Waals surface area contributed by atoms with Crippen LogP contribution in [0.3, 0.4) is 0 Å². The zero-order valence-electron chi connectivity index (χ0n) is 31.3. The van der Waals surface area contributed by atoms with E-state index in [4.69, 9.17) is 9.47 Å². The Morgan fingerprint density at radius 1 is 0.857 bits per heavy atom. The molecule has 4 heterocycles. The van der Waals surface area contributed by atoms with Crippen LogP contribution in [0.5, 0.6) is 17.4 Å². The molecule has 4 aromatic carbocycles. The van der Waals surface area contributed by atoms with Crippen LogP contribution in [0.4, 0.5) is 0 Å². The van der Waals surface area contributed by atoms with Gasteiger partial charge in [-0.25, -0.2) is 4.98 Å². The van der Waals surface area contributed by atoms with Crippen LogP contribution in [0.2, 0.25) is 0 Å². The van der Waals surface area contributed by atoms with E-state index in [0.717, 1.165) is 71.6 Å². The number of allylic oxidation sites excluding steroid dienone is 1.